The van der Waals surface area contributed by atoms with Crippen molar-refractivity contribution in [2.75, 3.05) is 25.0 Å². The van der Waals surface area contributed by atoms with E-state index in [2.05, 4.69) is 18.3 Å². The molecule has 1 aliphatic heterocycles. The van der Waals surface area contributed by atoms with Gasteiger partial charge in [0.25, 0.3) is 5.91 Å². The Morgan fingerprint density at radius 2 is 2.04 bits per heavy atom. The van der Waals surface area contributed by atoms with Crippen LogP contribution in [0.15, 0.2) is 24.3 Å². The van der Waals surface area contributed by atoms with Gasteiger partial charge in [-0.15, -0.1) is 0 Å². The van der Waals surface area contributed by atoms with Gasteiger partial charge < -0.3 is 15.3 Å². The maximum atomic E-state index is 12.7. The van der Waals surface area contributed by atoms with Crippen molar-refractivity contribution in [2.24, 2.45) is 11.8 Å². The van der Waals surface area contributed by atoms with Gasteiger partial charge in [-0.05, 0) is 55.7 Å². The Labute approximate surface area is 138 Å². The lowest BCUT2D eigenvalue weighted by Crippen LogP contribution is -2.39. The number of amides is 1. The SMILES string of the molecule is CC1CCCC1Nc1cccc(C(=O)N2CCC(CO)CC2)c1. The topological polar surface area (TPSA) is 52.6 Å². The average molecular weight is 316 g/mol. The van der Waals surface area contributed by atoms with Crippen LogP contribution in [0.5, 0.6) is 0 Å². The minimum absolute atomic E-state index is 0.115. The summed E-state index contributed by atoms with van der Waals surface area (Å²) in [6, 6.07) is 8.45. The first-order chi connectivity index (χ1) is 11.2. The number of carbonyl (C=O) groups excluding carboxylic acids is 1. The van der Waals surface area contributed by atoms with E-state index in [9.17, 15) is 9.90 Å². The lowest BCUT2D eigenvalue weighted by Gasteiger charge is -2.31. The van der Waals surface area contributed by atoms with Gasteiger partial charge in [0.2, 0.25) is 0 Å². The third-order valence-electron chi connectivity index (χ3n) is 5.48. The second-order valence-corrected chi connectivity index (χ2v) is 7.16. The molecule has 3 rings (SSSR count). The molecule has 1 saturated heterocycles. The summed E-state index contributed by atoms with van der Waals surface area (Å²) in [4.78, 5) is 14.6. The van der Waals surface area contributed by atoms with Crippen LogP contribution in [0.3, 0.4) is 0 Å². The second-order valence-electron chi connectivity index (χ2n) is 7.16. The molecule has 2 unspecified atom stereocenters. The molecular formula is C19H28N2O2. The molecule has 1 heterocycles. The molecule has 2 fully saturated rings. The number of carbonyl (C=O) groups is 1. The quantitative estimate of drug-likeness (QED) is 0.897. The van der Waals surface area contributed by atoms with E-state index in [1.807, 2.05) is 23.1 Å². The second kappa shape index (κ2) is 7.35. The van der Waals surface area contributed by atoms with Crippen molar-refractivity contribution in [3.63, 3.8) is 0 Å². The lowest BCUT2D eigenvalue weighted by atomic mass is 9.97. The van der Waals surface area contributed by atoms with Crippen molar-refractivity contribution in [1.82, 2.24) is 4.90 Å². The number of piperidine rings is 1. The number of anilines is 1. The van der Waals surface area contributed by atoms with Gasteiger partial charge in [0.15, 0.2) is 0 Å². The van der Waals surface area contributed by atoms with Crippen molar-refractivity contribution < 1.29 is 9.90 Å². The molecule has 4 nitrogen and oxygen atoms in total. The zero-order valence-electron chi connectivity index (χ0n) is 14.0. The van der Waals surface area contributed by atoms with Crippen LogP contribution in [0.4, 0.5) is 5.69 Å². The molecule has 4 heteroatoms. The molecule has 1 amide bonds. The molecule has 2 N–H and O–H groups in total. The molecule has 1 aromatic rings. The predicted molar refractivity (Wildman–Crippen MR) is 92.6 cm³/mol. The molecule has 126 valence electrons. The van der Waals surface area contributed by atoms with Gasteiger partial charge >= 0.3 is 0 Å². The van der Waals surface area contributed by atoms with Crippen LogP contribution in [0.1, 0.15) is 49.4 Å². The predicted octanol–water partition coefficient (Wildman–Crippen LogP) is 3.13. The lowest BCUT2D eigenvalue weighted by molar-refractivity contribution is 0.0651. The van der Waals surface area contributed by atoms with Crippen LogP contribution >= 0.6 is 0 Å². The Bertz CT molecular complexity index is 538. The Hall–Kier alpha value is -1.55. The maximum Gasteiger partial charge on any atom is 0.253 e. The summed E-state index contributed by atoms with van der Waals surface area (Å²) in [5.74, 6) is 1.17. The van der Waals surface area contributed by atoms with Gasteiger partial charge in [0, 0.05) is 37.0 Å². The summed E-state index contributed by atoms with van der Waals surface area (Å²) in [6.45, 7) is 4.04. The van der Waals surface area contributed by atoms with E-state index in [1.54, 1.807) is 0 Å². The van der Waals surface area contributed by atoms with Crippen molar-refractivity contribution in [3.8, 4) is 0 Å². The Morgan fingerprint density at radius 3 is 2.70 bits per heavy atom. The fourth-order valence-corrected chi connectivity index (χ4v) is 3.82. The first-order valence-electron chi connectivity index (χ1n) is 8.94. The molecule has 0 bridgehead atoms. The van der Waals surface area contributed by atoms with Crippen molar-refractivity contribution >= 4 is 11.6 Å². The number of likely N-dealkylation sites (tertiary alicyclic amines) is 1. The first-order valence-corrected chi connectivity index (χ1v) is 8.94. The van der Waals surface area contributed by atoms with E-state index in [-0.39, 0.29) is 12.5 Å². The molecule has 1 aromatic carbocycles. The summed E-state index contributed by atoms with van der Waals surface area (Å²) >= 11 is 0. The fraction of sp³-hybridized carbons (Fsp3) is 0.632. The molecule has 0 radical (unpaired) electrons. The minimum atomic E-state index is 0.115. The summed E-state index contributed by atoms with van der Waals surface area (Å²) in [5, 5.41) is 12.8. The highest BCUT2D eigenvalue weighted by Gasteiger charge is 2.25. The maximum absolute atomic E-state index is 12.7. The summed E-state index contributed by atoms with van der Waals surface area (Å²) in [5.41, 5.74) is 1.82. The Kier molecular flexibility index (Phi) is 5.21. The highest BCUT2D eigenvalue weighted by atomic mass is 16.3. The standard InChI is InChI=1S/C19H28N2O2/c1-14-4-2-7-18(14)20-17-6-3-5-16(12-17)19(23)21-10-8-15(13-22)9-11-21/h3,5-6,12,14-15,18,20,22H,2,4,7-11,13H2,1H3. The van der Waals surface area contributed by atoms with E-state index in [0.29, 0.717) is 17.9 Å². The first kappa shape index (κ1) is 16.3. The number of aliphatic hydroxyl groups excluding tert-OH is 1. The van der Waals surface area contributed by atoms with Crippen LogP contribution in [0.2, 0.25) is 0 Å². The number of nitrogens with one attached hydrogen (secondary N) is 1. The number of aliphatic hydroxyl groups is 1. The van der Waals surface area contributed by atoms with Crippen LogP contribution in [-0.4, -0.2) is 41.7 Å². The number of hydrogen-bond donors (Lipinski definition) is 2. The Balaban J connectivity index is 1.63. The third-order valence-corrected chi connectivity index (χ3v) is 5.48. The number of benzene rings is 1. The molecule has 23 heavy (non-hydrogen) atoms. The highest BCUT2D eigenvalue weighted by Crippen LogP contribution is 2.28. The molecule has 1 saturated carbocycles. The summed E-state index contributed by atoms with van der Waals surface area (Å²) in [6.07, 6.45) is 5.60. The average Bonchev–Trinajstić information content (AvgIpc) is 2.99. The van der Waals surface area contributed by atoms with Gasteiger partial charge in [0.05, 0.1) is 0 Å². The number of rotatable bonds is 4. The highest BCUT2D eigenvalue weighted by molar-refractivity contribution is 5.95. The van der Waals surface area contributed by atoms with E-state index in [1.165, 1.54) is 19.3 Å². The smallest absolute Gasteiger partial charge is 0.253 e. The van der Waals surface area contributed by atoms with Gasteiger partial charge in [-0.25, -0.2) is 0 Å². The van der Waals surface area contributed by atoms with Crippen LogP contribution < -0.4 is 5.32 Å². The third kappa shape index (κ3) is 3.86. The molecule has 0 spiro atoms. The normalized spacial score (nSPS) is 25.6. The minimum Gasteiger partial charge on any atom is -0.396 e. The van der Waals surface area contributed by atoms with Crippen LogP contribution in [0.25, 0.3) is 0 Å². The van der Waals surface area contributed by atoms with E-state index in [4.69, 9.17) is 0 Å². The monoisotopic (exact) mass is 316 g/mol. The van der Waals surface area contributed by atoms with Gasteiger partial charge in [-0.1, -0.05) is 19.4 Å². The summed E-state index contributed by atoms with van der Waals surface area (Å²) < 4.78 is 0. The van der Waals surface area contributed by atoms with Crippen molar-refractivity contribution in [1.29, 1.82) is 0 Å². The van der Waals surface area contributed by atoms with Gasteiger partial charge in [-0.2, -0.15) is 0 Å². The zero-order valence-corrected chi connectivity index (χ0v) is 14.0. The van der Waals surface area contributed by atoms with E-state index < -0.39 is 0 Å². The zero-order chi connectivity index (χ0) is 16.2. The van der Waals surface area contributed by atoms with Crippen molar-refractivity contribution in [2.45, 2.75) is 45.1 Å². The molecule has 0 aromatic heterocycles. The fourth-order valence-electron chi connectivity index (χ4n) is 3.82. The largest absolute Gasteiger partial charge is 0.396 e. The molecule has 2 aliphatic rings. The van der Waals surface area contributed by atoms with Gasteiger partial charge in [0.1, 0.15) is 0 Å². The van der Waals surface area contributed by atoms with Crippen LogP contribution in [0, 0.1) is 11.8 Å². The molecular weight excluding hydrogens is 288 g/mol. The Morgan fingerprint density at radius 1 is 1.26 bits per heavy atom. The summed E-state index contributed by atoms with van der Waals surface area (Å²) in [7, 11) is 0. The van der Waals surface area contributed by atoms with E-state index in [0.717, 1.165) is 37.2 Å². The van der Waals surface area contributed by atoms with Crippen molar-refractivity contribution in [3.05, 3.63) is 29.8 Å². The number of nitrogens with zero attached hydrogens (tertiary/aromatic N) is 1. The van der Waals surface area contributed by atoms with Crippen LogP contribution in [-0.2, 0) is 0 Å². The molecule has 2 atom stereocenters. The van der Waals surface area contributed by atoms with E-state index >= 15 is 0 Å². The van der Waals surface area contributed by atoms with Gasteiger partial charge in [-0.3, -0.25) is 4.79 Å². The molecule has 1 aliphatic carbocycles. The number of hydrogen-bond acceptors (Lipinski definition) is 3.